The topological polar surface area (TPSA) is 98.9 Å². The summed E-state index contributed by atoms with van der Waals surface area (Å²) in [5.41, 5.74) is 7.10. The van der Waals surface area contributed by atoms with Crippen LogP contribution in [0.3, 0.4) is 0 Å². The van der Waals surface area contributed by atoms with Crippen LogP contribution in [0.15, 0.2) is 161 Å². The van der Waals surface area contributed by atoms with Crippen LogP contribution in [-0.2, 0) is 0 Å². The van der Waals surface area contributed by atoms with E-state index in [1.54, 1.807) is 0 Å². The molecule has 5 heterocycles. The van der Waals surface area contributed by atoms with Gasteiger partial charge in [-0.15, -0.1) is 0 Å². The zero-order valence-corrected chi connectivity index (χ0v) is 25.1. The predicted molar refractivity (Wildman–Crippen MR) is 193 cm³/mol. The summed E-state index contributed by atoms with van der Waals surface area (Å²) in [5.74, 6) is 4.35. The van der Waals surface area contributed by atoms with Gasteiger partial charge in [-0.2, -0.15) is 0 Å². The maximum Gasteiger partial charge on any atom is 0.164 e. The summed E-state index contributed by atoms with van der Waals surface area (Å²) in [6.45, 7) is 0. The highest BCUT2D eigenvalue weighted by Crippen LogP contribution is 2.33. The van der Waals surface area contributed by atoms with Crippen LogP contribution in [0.25, 0.3) is 21.5 Å². The molecule has 0 fully saturated rings. The Bertz CT molecular complexity index is 2770. The molecule has 0 spiro atoms. The lowest BCUT2D eigenvalue weighted by Gasteiger charge is -2.07. The quantitative estimate of drug-likeness (QED) is 0.163. The lowest BCUT2D eigenvalue weighted by atomic mass is 9.98. The molecule has 5 aliphatic rings. The minimum atomic E-state index is 0.542. The van der Waals surface area contributed by atoms with E-state index in [1.807, 2.05) is 72.8 Å². The van der Waals surface area contributed by atoms with Gasteiger partial charge in [-0.25, -0.2) is 39.9 Å². The average molecular weight is 613 g/mol. The van der Waals surface area contributed by atoms with Crippen molar-refractivity contribution in [3.63, 3.8) is 0 Å². The van der Waals surface area contributed by atoms with Gasteiger partial charge in [0.15, 0.2) is 46.7 Å². The van der Waals surface area contributed by atoms with Gasteiger partial charge in [0, 0.05) is 44.5 Å². The number of fused-ring (bicyclic) bond motifs is 18. The highest BCUT2D eigenvalue weighted by Gasteiger charge is 2.31. The second-order valence-corrected chi connectivity index (χ2v) is 12.1. The Morgan fingerprint density at radius 1 is 0.208 bits per heavy atom. The molecule has 48 heavy (non-hydrogen) atoms. The molecule has 0 amide bonds. The molecule has 8 heteroatoms. The second kappa shape index (κ2) is 9.37. The molecule has 5 aliphatic heterocycles. The lowest BCUT2D eigenvalue weighted by molar-refractivity contribution is 1.49. The first-order valence-electron chi connectivity index (χ1n) is 15.7. The van der Waals surface area contributed by atoms with Gasteiger partial charge in [0.1, 0.15) is 0 Å². The summed E-state index contributed by atoms with van der Waals surface area (Å²) < 4.78 is 0. The summed E-state index contributed by atoms with van der Waals surface area (Å²) in [4.78, 5) is 40.2. The summed E-state index contributed by atoms with van der Waals surface area (Å²) in [6.07, 6.45) is 0. The number of benzene rings is 6. The van der Waals surface area contributed by atoms with Crippen molar-refractivity contribution < 1.29 is 0 Å². The first kappa shape index (κ1) is 25.4. The van der Waals surface area contributed by atoms with E-state index < -0.39 is 0 Å². The maximum absolute atomic E-state index is 5.12. The summed E-state index contributed by atoms with van der Waals surface area (Å²) >= 11 is 0. The SMILES string of the molecule is c1ccc2c(c1)C1=NC2=NC2=NC(=NC3=NC(=NC4=NC(=N1)c1ccccc14)c1cc4cc5ccccc5cc4cc13)c1ccccc12. The molecule has 8 nitrogen and oxygen atoms in total. The zero-order valence-electron chi connectivity index (χ0n) is 25.1. The van der Waals surface area contributed by atoms with Crippen LogP contribution in [0.1, 0.15) is 44.5 Å². The molecule has 0 aromatic heterocycles. The van der Waals surface area contributed by atoms with Gasteiger partial charge < -0.3 is 0 Å². The predicted octanol–water partition coefficient (Wildman–Crippen LogP) is 7.13. The highest BCUT2D eigenvalue weighted by atomic mass is 15.1. The maximum atomic E-state index is 5.12. The Hall–Kier alpha value is -6.80. The standard InChI is InChI=1S/C40H20N8/c1-2-10-22-18-24-20-32-31(19-23(24)17-21(22)9-1)39-46-37-29-15-7-5-13-27(29)35(44-37)42-33-25-11-3-4-12-26(25)34(41-33)43-36-28-14-6-8-16-30(28)38(45-36)47-40(32)48-39/h1-20H. The van der Waals surface area contributed by atoms with Crippen molar-refractivity contribution in [1.82, 2.24) is 0 Å². The molecular formula is C40H20N8. The van der Waals surface area contributed by atoms with Crippen LogP contribution in [0, 0.1) is 0 Å². The third-order valence-corrected chi connectivity index (χ3v) is 9.24. The highest BCUT2D eigenvalue weighted by molar-refractivity contribution is 6.35. The van der Waals surface area contributed by atoms with Gasteiger partial charge in [-0.3, -0.25) is 0 Å². The minimum Gasteiger partial charge on any atom is -0.208 e. The number of hydrogen-bond acceptors (Lipinski definition) is 8. The van der Waals surface area contributed by atoms with Crippen LogP contribution in [0.5, 0.6) is 0 Å². The fourth-order valence-electron chi connectivity index (χ4n) is 6.95. The number of hydrogen-bond donors (Lipinski definition) is 0. The summed E-state index contributed by atoms with van der Waals surface area (Å²) in [7, 11) is 0. The molecule has 0 atom stereocenters. The van der Waals surface area contributed by atoms with E-state index in [0.29, 0.717) is 46.7 Å². The molecule has 0 unspecified atom stereocenters. The summed E-state index contributed by atoms with van der Waals surface area (Å²) in [5, 5.41) is 4.55. The van der Waals surface area contributed by atoms with Crippen molar-refractivity contribution in [2.75, 3.05) is 0 Å². The molecule has 0 saturated carbocycles. The monoisotopic (exact) mass is 612 g/mol. The van der Waals surface area contributed by atoms with E-state index >= 15 is 0 Å². The molecule has 0 saturated heterocycles. The zero-order chi connectivity index (χ0) is 31.3. The van der Waals surface area contributed by atoms with Crippen molar-refractivity contribution in [2.45, 2.75) is 0 Å². The van der Waals surface area contributed by atoms with Gasteiger partial charge in [-0.05, 0) is 45.8 Å². The first-order chi connectivity index (χ1) is 23.7. The summed E-state index contributed by atoms with van der Waals surface area (Å²) in [6, 6.07) is 41.1. The third kappa shape index (κ3) is 3.65. The van der Waals surface area contributed by atoms with E-state index in [1.165, 1.54) is 10.8 Å². The van der Waals surface area contributed by atoms with E-state index in [2.05, 4.69) is 48.5 Å². The molecule has 0 N–H and O–H groups in total. The van der Waals surface area contributed by atoms with Crippen molar-refractivity contribution in [3.8, 4) is 0 Å². The van der Waals surface area contributed by atoms with Crippen LogP contribution < -0.4 is 0 Å². The largest absolute Gasteiger partial charge is 0.208 e. The van der Waals surface area contributed by atoms with Crippen molar-refractivity contribution in [1.29, 1.82) is 0 Å². The number of rotatable bonds is 0. The number of nitrogens with zero attached hydrogens (tertiary/aromatic N) is 8. The van der Waals surface area contributed by atoms with Crippen molar-refractivity contribution >= 4 is 68.2 Å². The van der Waals surface area contributed by atoms with Crippen LogP contribution in [-0.4, -0.2) is 46.7 Å². The van der Waals surface area contributed by atoms with Gasteiger partial charge in [0.2, 0.25) is 0 Å². The smallest absolute Gasteiger partial charge is 0.164 e. The first-order valence-corrected chi connectivity index (χ1v) is 15.7. The van der Waals surface area contributed by atoms with Crippen LogP contribution in [0.4, 0.5) is 0 Å². The minimum absolute atomic E-state index is 0.542. The van der Waals surface area contributed by atoms with Crippen molar-refractivity contribution in [2.24, 2.45) is 39.9 Å². The molecule has 0 aliphatic carbocycles. The van der Waals surface area contributed by atoms with Gasteiger partial charge in [-0.1, -0.05) is 97.1 Å². The molecule has 6 aromatic rings. The van der Waals surface area contributed by atoms with Crippen LogP contribution >= 0.6 is 0 Å². The van der Waals surface area contributed by atoms with Gasteiger partial charge in [0.05, 0.1) is 0 Å². The van der Waals surface area contributed by atoms with Crippen molar-refractivity contribution in [3.05, 3.63) is 166 Å². The second-order valence-electron chi connectivity index (χ2n) is 12.1. The van der Waals surface area contributed by atoms with E-state index in [-0.39, 0.29) is 0 Å². The molecule has 8 bridgehead atoms. The van der Waals surface area contributed by atoms with Crippen LogP contribution in [0.2, 0.25) is 0 Å². The van der Waals surface area contributed by atoms with E-state index in [9.17, 15) is 0 Å². The average Bonchev–Trinajstić information content (AvgIpc) is 3.85. The molecular weight excluding hydrogens is 592 g/mol. The fourth-order valence-corrected chi connectivity index (χ4v) is 6.95. The Balaban J connectivity index is 1.21. The molecule has 6 aromatic carbocycles. The Labute approximate surface area is 273 Å². The molecule has 0 radical (unpaired) electrons. The van der Waals surface area contributed by atoms with Gasteiger partial charge >= 0.3 is 0 Å². The lowest BCUT2D eigenvalue weighted by Crippen LogP contribution is -2.02. The normalized spacial score (nSPS) is 16.5. The molecule has 220 valence electrons. The Morgan fingerprint density at radius 2 is 0.438 bits per heavy atom. The Kier molecular flexibility index (Phi) is 4.96. The van der Waals surface area contributed by atoms with Gasteiger partial charge in [0.25, 0.3) is 0 Å². The fraction of sp³-hybridized carbons (Fsp3) is 0. The number of amidine groups is 8. The number of aliphatic imine (C=N–C) groups is 8. The van der Waals surface area contributed by atoms with E-state index in [0.717, 1.165) is 55.3 Å². The molecule has 11 rings (SSSR count). The Morgan fingerprint density at radius 3 is 0.708 bits per heavy atom. The van der Waals surface area contributed by atoms with E-state index in [4.69, 9.17) is 39.9 Å². The third-order valence-electron chi connectivity index (χ3n) is 9.24.